The summed E-state index contributed by atoms with van der Waals surface area (Å²) in [7, 11) is 0. The highest BCUT2D eigenvalue weighted by Crippen LogP contribution is 2.18. The van der Waals surface area contributed by atoms with Crippen molar-refractivity contribution in [3.8, 4) is 0 Å². The van der Waals surface area contributed by atoms with Gasteiger partial charge in [-0.2, -0.15) is 0 Å². The number of aromatic nitrogens is 1. The third-order valence-corrected chi connectivity index (χ3v) is 2.67. The highest BCUT2D eigenvalue weighted by molar-refractivity contribution is 5.93. The van der Waals surface area contributed by atoms with Crippen LogP contribution in [-0.4, -0.2) is 28.2 Å². The van der Waals surface area contributed by atoms with Crippen molar-refractivity contribution in [1.82, 2.24) is 10.5 Å². The van der Waals surface area contributed by atoms with E-state index >= 15 is 0 Å². The third-order valence-electron chi connectivity index (χ3n) is 2.67. The molecule has 90 valence electrons. The smallest absolute Gasteiger partial charge is 0.310 e. The second kappa shape index (κ2) is 4.40. The lowest BCUT2D eigenvalue weighted by Gasteiger charge is -2.10. The fraction of sp³-hybridized carbons (Fsp3) is 0.364. The van der Waals surface area contributed by atoms with E-state index in [1.165, 1.54) is 6.20 Å². The van der Waals surface area contributed by atoms with Crippen LogP contribution >= 0.6 is 0 Å². The molecule has 6 heteroatoms. The van der Waals surface area contributed by atoms with Gasteiger partial charge in [-0.1, -0.05) is 17.3 Å². The zero-order valence-corrected chi connectivity index (χ0v) is 9.21. The second-order valence-corrected chi connectivity index (χ2v) is 3.98. The van der Waals surface area contributed by atoms with Gasteiger partial charge in [0.05, 0.1) is 12.1 Å². The molecular formula is C11H12N2O4. The number of carboxylic acid groups (broad SMARTS) is 1. The molecule has 0 spiro atoms. The highest BCUT2D eigenvalue weighted by atomic mass is 16.5. The molecule has 1 aliphatic carbocycles. The van der Waals surface area contributed by atoms with Crippen LogP contribution in [0.15, 0.2) is 22.9 Å². The van der Waals surface area contributed by atoms with E-state index < -0.39 is 11.9 Å². The molecule has 17 heavy (non-hydrogen) atoms. The number of carbonyl (C=O) groups excluding carboxylic acids is 1. The molecule has 0 fully saturated rings. The molecule has 0 bridgehead atoms. The number of amides is 1. The standard InChI is InChI=1S/C11H12N2O4/c1-6-5-12-17-9(6)10(14)13-8-3-2-7(4-8)11(15)16/h2-3,5,7-8H,4H2,1H3,(H,13,14)(H,15,16). The van der Waals surface area contributed by atoms with Crippen LogP contribution in [0.2, 0.25) is 0 Å². The van der Waals surface area contributed by atoms with Crippen molar-refractivity contribution in [1.29, 1.82) is 0 Å². The van der Waals surface area contributed by atoms with Crippen molar-refractivity contribution in [3.63, 3.8) is 0 Å². The van der Waals surface area contributed by atoms with Crippen LogP contribution in [0.3, 0.4) is 0 Å². The van der Waals surface area contributed by atoms with E-state index in [2.05, 4.69) is 10.5 Å². The Balaban J connectivity index is 1.96. The molecule has 1 aliphatic rings. The first-order chi connectivity index (χ1) is 8.08. The summed E-state index contributed by atoms with van der Waals surface area (Å²) < 4.78 is 4.81. The summed E-state index contributed by atoms with van der Waals surface area (Å²) in [6.07, 6.45) is 5.09. The number of rotatable bonds is 3. The first-order valence-corrected chi connectivity index (χ1v) is 5.21. The van der Waals surface area contributed by atoms with E-state index in [0.29, 0.717) is 12.0 Å². The van der Waals surface area contributed by atoms with Crippen molar-refractivity contribution in [2.24, 2.45) is 5.92 Å². The molecule has 2 rings (SSSR count). The van der Waals surface area contributed by atoms with Gasteiger partial charge < -0.3 is 14.9 Å². The van der Waals surface area contributed by atoms with Crippen molar-refractivity contribution >= 4 is 11.9 Å². The molecule has 1 heterocycles. The van der Waals surface area contributed by atoms with Crippen LogP contribution in [0.25, 0.3) is 0 Å². The van der Waals surface area contributed by atoms with Crippen molar-refractivity contribution in [3.05, 3.63) is 29.7 Å². The minimum atomic E-state index is -0.881. The molecule has 1 aromatic rings. The monoisotopic (exact) mass is 236 g/mol. The minimum Gasteiger partial charge on any atom is -0.481 e. The van der Waals surface area contributed by atoms with Gasteiger partial charge in [0.15, 0.2) is 0 Å². The summed E-state index contributed by atoms with van der Waals surface area (Å²) >= 11 is 0. The highest BCUT2D eigenvalue weighted by Gasteiger charge is 2.26. The lowest BCUT2D eigenvalue weighted by Crippen LogP contribution is -2.33. The Hall–Kier alpha value is -2.11. The molecule has 0 radical (unpaired) electrons. The van der Waals surface area contributed by atoms with Crippen molar-refractivity contribution in [2.45, 2.75) is 19.4 Å². The van der Waals surface area contributed by atoms with E-state index in [-0.39, 0.29) is 17.7 Å². The first-order valence-electron chi connectivity index (χ1n) is 5.21. The van der Waals surface area contributed by atoms with Gasteiger partial charge in [0, 0.05) is 11.6 Å². The summed E-state index contributed by atoms with van der Waals surface area (Å²) in [5, 5.41) is 15.0. The maximum absolute atomic E-state index is 11.7. The van der Waals surface area contributed by atoms with Crippen molar-refractivity contribution < 1.29 is 19.2 Å². The zero-order chi connectivity index (χ0) is 12.4. The maximum Gasteiger partial charge on any atom is 0.310 e. The molecule has 1 amide bonds. The summed E-state index contributed by atoms with van der Waals surface area (Å²) in [4.78, 5) is 22.5. The number of nitrogens with zero attached hydrogens (tertiary/aromatic N) is 1. The van der Waals surface area contributed by atoms with E-state index in [4.69, 9.17) is 9.63 Å². The van der Waals surface area contributed by atoms with Crippen LogP contribution in [0.4, 0.5) is 0 Å². The average Bonchev–Trinajstić information content (AvgIpc) is 2.86. The van der Waals surface area contributed by atoms with Gasteiger partial charge in [-0.05, 0) is 13.3 Å². The number of hydrogen-bond donors (Lipinski definition) is 2. The molecule has 6 nitrogen and oxygen atoms in total. The Morgan fingerprint density at radius 2 is 2.29 bits per heavy atom. The van der Waals surface area contributed by atoms with Crippen LogP contribution in [0.5, 0.6) is 0 Å². The minimum absolute atomic E-state index is 0.164. The van der Waals surface area contributed by atoms with Crippen LogP contribution in [0, 0.1) is 12.8 Å². The van der Waals surface area contributed by atoms with E-state index in [9.17, 15) is 9.59 Å². The molecule has 0 aromatic carbocycles. The Kier molecular flexibility index (Phi) is 2.95. The van der Waals surface area contributed by atoms with Gasteiger partial charge in [-0.3, -0.25) is 9.59 Å². The number of carbonyl (C=O) groups is 2. The Bertz CT molecular complexity index is 478. The lowest BCUT2D eigenvalue weighted by atomic mass is 10.1. The van der Waals surface area contributed by atoms with Crippen LogP contribution in [0.1, 0.15) is 22.5 Å². The van der Waals surface area contributed by atoms with Crippen LogP contribution in [-0.2, 0) is 4.79 Å². The Morgan fingerprint density at radius 3 is 2.82 bits per heavy atom. The van der Waals surface area contributed by atoms with Gasteiger partial charge in [-0.15, -0.1) is 0 Å². The number of nitrogens with one attached hydrogen (secondary N) is 1. The van der Waals surface area contributed by atoms with Gasteiger partial charge >= 0.3 is 5.97 Å². The van der Waals surface area contributed by atoms with Gasteiger partial charge in [0.1, 0.15) is 0 Å². The zero-order valence-electron chi connectivity index (χ0n) is 9.21. The predicted octanol–water partition coefficient (Wildman–Crippen LogP) is 0.742. The van der Waals surface area contributed by atoms with Gasteiger partial charge in [0.2, 0.25) is 5.76 Å². The third kappa shape index (κ3) is 2.35. The molecule has 2 N–H and O–H groups in total. The number of carboxylic acids is 1. The van der Waals surface area contributed by atoms with Gasteiger partial charge in [0.25, 0.3) is 5.91 Å². The topological polar surface area (TPSA) is 92.4 Å². The SMILES string of the molecule is Cc1cnoc1C(=O)NC1C=CC(C(=O)O)C1. The molecule has 2 unspecified atom stereocenters. The van der Waals surface area contributed by atoms with Crippen LogP contribution < -0.4 is 5.32 Å². The number of hydrogen-bond acceptors (Lipinski definition) is 4. The lowest BCUT2D eigenvalue weighted by molar-refractivity contribution is -0.140. The van der Waals surface area contributed by atoms with Gasteiger partial charge in [-0.25, -0.2) is 0 Å². The summed E-state index contributed by atoms with van der Waals surface area (Å²) in [5.74, 6) is -1.62. The Labute approximate surface area is 97.3 Å². The second-order valence-electron chi connectivity index (χ2n) is 3.98. The molecular weight excluding hydrogens is 224 g/mol. The number of aryl methyl sites for hydroxylation is 1. The molecule has 0 saturated carbocycles. The van der Waals surface area contributed by atoms with E-state index in [1.807, 2.05) is 0 Å². The molecule has 2 atom stereocenters. The maximum atomic E-state index is 11.7. The Morgan fingerprint density at radius 1 is 1.53 bits per heavy atom. The van der Waals surface area contributed by atoms with Crippen molar-refractivity contribution in [2.75, 3.05) is 0 Å². The van der Waals surface area contributed by atoms with E-state index in [1.54, 1.807) is 19.1 Å². The quantitative estimate of drug-likeness (QED) is 0.755. The largest absolute Gasteiger partial charge is 0.481 e. The molecule has 0 saturated heterocycles. The fourth-order valence-electron chi connectivity index (χ4n) is 1.73. The fourth-order valence-corrected chi connectivity index (χ4v) is 1.73. The summed E-state index contributed by atoms with van der Waals surface area (Å²) in [5.41, 5.74) is 0.652. The first kappa shape index (κ1) is 11.4. The normalized spacial score (nSPS) is 22.6. The summed E-state index contributed by atoms with van der Waals surface area (Å²) in [6.45, 7) is 1.72. The summed E-state index contributed by atoms with van der Waals surface area (Å²) in [6, 6.07) is -0.270. The molecule has 0 aliphatic heterocycles. The molecule has 1 aromatic heterocycles. The number of aliphatic carboxylic acids is 1. The van der Waals surface area contributed by atoms with E-state index in [0.717, 1.165) is 0 Å². The predicted molar refractivity (Wildman–Crippen MR) is 57.4 cm³/mol. The average molecular weight is 236 g/mol.